The second-order valence-corrected chi connectivity index (χ2v) is 4.13. The molecule has 3 nitrogen and oxygen atoms in total. The summed E-state index contributed by atoms with van der Waals surface area (Å²) in [5.74, 6) is 5.13. The third-order valence-electron chi connectivity index (χ3n) is 2.56. The summed E-state index contributed by atoms with van der Waals surface area (Å²) < 4.78 is 17.9. The number of halogens is 2. The first-order valence-corrected chi connectivity index (χ1v) is 5.50. The fraction of sp³-hybridized carbons (Fsp3) is 0.167. The lowest BCUT2D eigenvalue weighted by molar-refractivity contribution is 0.534. The number of furan rings is 1. The molecule has 0 radical (unpaired) electrons. The van der Waals surface area contributed by atoms with Crippen LogP contribution in [0.1, 0.15) is 17.2 Å². The van der Waals surface area contributed by atoms with Crippen molar-refractivity contribution in [2.24, 2.45) is 5.84 Å². The summed E-state index contributed by atoms with van der Waals surface area (Å²) in [7, 11) is 0. The molecule has 17 heavy (non-hydrogen) atoms. The fourth-order valence-corrected chi connectivity index (χ4v) is 1.99. The number of hydrogen-bond acceptors (Lipinski definition) is 3. The number of hydrogen-bond donors (Lipinski definition) is 2. The van der Waals surface area contributed by atoms with E-state index in [0.717, 1.165) is 11.1 Å². The Balaban J connectivity index is 2.23. The largest absolute Gasteiger partial charge is 0.472 e. The first-order valence-electron chi connectivity index (χ1n) is 5.13. The zero-order valence-corrected chi connectivity index (χ0v) is 9.75. The molecule has 0 aliphatic rings. The average molecular weight is 255 g/mol. The molecule has 1 unspecified atom stereocenters. The minimum atomic E-state index is -0.363. The van der Waals surface area contributed by atoms with Crippen LogP contribution >= 0.6 is 11.6 Å². The summed E-state index contributed by atoms with van der Waals surface area (Å²) in [6, 6.07) is 5.93. The van der Waals surface area contributed by atoms with E-state index in [1.165, 1.54) is 12.1 Å². The highest BCUT2D eigenvalue weighted by molar-refractivity contribution is 6.31. The summed E-state index contributed by atoms with van der Waals surface area (Å²) in [4.78, 5) is 0. The van der Waals surface area contributed by atoms with E-state index in [0.29, 0.717) is 11.4 Å². The summed E-state index contributed by atoms with van der Waals surface area (Å²) in [6.07, 6.45) is 3.86. The quantitative estimate of drug-likeness (QED) is 0.652. The van der Waals surface area contributed by atoms with Crippen molar-refractivity contribution in [1.82, 2.24) is 5.43 Å². The topological polar surface area (TPSA) is 51.2 Å². The SMILES string of the molecule is NNC(Cc1ccoc1)c1ccc(F)cc1Cl. The van der Waals surface area contributed by atoms with E-state index >= 15 is 0 Å². The fourth-order valence-electron chi connectivity index (χ4n) is 1.69. The minimum Gasteiger partial charge on any atom is -0.472 e. The monoisotopic (exact) mass is 254 g/mol. The molecule has 2 aromatic rings. The zero-order valence-electron chi connectivity index (χ0n) is 8.99. The molecule has 0 aliphatic heterocycles. The van der Waals surface area contributed by atoms with E-state index in [1.54, 1.807) is 18.6 Å². The van der Waals surface area contributed by atoms with Gasteiger partial charge in [-0.15, -0.1) is 0 Å². The number of nitrogens with one attached hydrogen (secondary N) is 1. The van der Waals surface area contributed by atoms with Gasteiger partial charge >= 0.3 is 0 Å². The summed E-state index contributed by atoms with van der Waals surface area (Å²) in [5, 5.41) is 0.358. The molecule has 2 rings (SSSR count). The van der Waals surface area contributed by atoms with Gasteiger partial charge in [0.1, 0.15) is 5.82 Å². The maximum Gasteiger partial charge on any atom is 0.124 e. The molecule has 1 heterocycles. The van der Waals surface area contributed by atoms with Crippen LogP contribution in [0.2, 0.25) is 5.02 Å². The molecule has 0 bridgehead atoms. The Morgan fingerprint density at radius 2 is 2.24 bits per heavy atom. The molecule has 0 saturated carbocycles. The van der Waals surface area contributed by atoms with E-state index in [2.05, 4.69) is 5.43 Å². The van der Waals surface area contributed by atoms with Gasteiger partial charge in [0.05, 0.1) is 18.6 Å². The lowest BCUT2D eigenvalue weighted by atomic mass is 10.0. The average Bonchev–Trinajstić information content (AvgIpc) is 2.79. The van der Waals surface area contributed by atoms with Crippen LogP contribution in [-0.4, -0.2) is 0 Å². The van der Waals surface area contributed by atoms with Crippen molar-refractivity contribution in [2.45, 2.75) is 12.5 Å². The molecular formula is C12H12ClFN2O. The van der Waals surface area contributed by atoms with Crippen LogP contribution in [0.4, 0.5) is 4.39 Å². The van der Waals surface area contributed by atoms with Gasteiger partial charge in [-0.25, -0.2) is 4.39 Å². The van der Waals surface area contributed by atoms with Crippen molar-refractivity contribution in [2.75, 3.05) is 0 Å². The van der Waals surface area contributed by atoms with Gasteiger partial charge in [0.2, 0.25) is 0 Å². The van der Waals surface area contributed by atoms with Crippen molar-refractivity contribution in [3.8, 4) is 0 Å². The molecule has 0 fully saturated rings. The molecule has 0 spiro atoms. The smallest absolute Gasteiger partial charge is 0.124 e. The molecule has 1 aromatic heterocycles. The molecule has 1 atom stereocenters. The van der Waals surface area contributed by atoms with E-state index < -0.39 is 0 Å². The Morgan fingerprint density at radius 1 is 1.41 bits per heavy atom. The third kappa shape index (κ3) is 2.85. The second-order valence-electron chi connectivity index (χ2n) is 3.72. The van der Waals surface area contributed by atoms with Gasteiger partial charge in [0.15, 0.2) is 0 Å². The minimum absolute atomic E-state index is 0.180. The predicted molar refractivity (Wildman–Crippen MR) is 63.9 cm³/mol. The van der Waals surface area contributed by atoms with E-state index in [-0.39, 0.29) is 11.9 Å². The molecule has 90 valence electrons. The highest BCUT2D eigenvalue weighted by atomic mass is 35.5. The van der Waals surface area contributed by atoms with Gasteiger partial charge in [-0.2, -0.15) is 0 Å². The van der Waals surface area contributed by atoms with Crippen molar-refractivity contribution in [3.63, 3.8) is 0 Å². The Morgan fingerprint density at radius 3 is 2.82 bits per heavy atom. The van der Waals surface area contributed by atoms with Crippen molar-refractivity contribution in [3.05, 3.63) is 58.8 Å². The lowest BCUT2D eigenvalue weighted by Gasteiger charge is -2.16. The van der Waals surface area contributed by atoms with Crippen LogP contribution in [0.3, 0.4) is 0 Å². The molecule has 0 amide bonds. The van der Waals surface area contributed by atoms with Gasteiger partial charge in [-0.1, -0.05) is 17.7 Å². The van der Waals surface area contributed by atoms with Gasteiger partial charge in [0.25, 0.3) is 0 Å². The summed E-state index contributed by atoms with van der Waals surface area (Å²) >= 11 is 5.98. The molecule has 3 N–H and O–H groups in total. The number of benzene rings is 1. The predicted octanol–water partition coefficient (Wildman–Crippen LogP) is 2.82. The summed E-state index contributed by atoms with van der Waals surface area (Å²) in [6.45, 7) is 0. The first-order chi connectivity index (χ1) is 8.20. The third-order valence-corrected chi connectivity index (χ3v) is 2.89. The standard InChI is InChI=1S/C12H12ClFN2O/c13-11-6-9(14)1-2-10(11)12(16-15)5-8-3-4-17-7-8/h1-4,6-7,12,16H,5,15H2. The molecule has 1 aromatic carbocycles. The van der Waals surface area contributed by atoms with Crippen LogP contribution in [0.25, 0.3) is 0 Å². The van der Waals surface area contributed by atoms with Gasteiger partial charge in [-0.3, -0.25) is 11.3 Å². The molecular weight excluding hydrogens is 243 g/mol. The Kier molecular flexibility index (Phi) is 3.78. The normalized spacial score (nSPS) is 12.6. The van der Waals surface area contributed by atoms with Crippen molar-refractivity contribution in [1.29, 1.82) is 0 Å². The van der Waals surface area contributed by atoms with Crippen LogP contribution in [0.5, 0.6) is 0 Å². The second kappa shape index (κ2) is 5.31. The first kappa shape index (κ1) is 12.1. The molecule has 0 aliphatic carbocycles. The maximum atomic E-state index is 12.9. The molecule has 0 saturated heterocycles. The maximum absolute atomic E-state index is 12.9. The van der Waals surface area contributed by atoms with Crippen LogP contribution in [0, 0.1) is 5.82 Å². The number of hydrazine groups is 1. The Labute approximate surface area is 103 Å². The van der Waals surface area contributed by atoms with E-state index in [9.17, 15) is 4.39 Å². The van der Waals surface area contributed by atoms with Crippen molar-refractivity contribution < 1.29 is 8.81 Å². The summed E-state index contributed by atoms with van der Waals surface area (Å²) in [5.41, 5.74) is 4.42. The molecule has 5 heteroatoms. The van der Waals surface area contributed by atoms with Crippen molar-refractivity contribution >= 4 is 11.6 Å². The highest BCUT2D eigenvalue weighted by Crippen LogP contribution is 2.26. The Hall–Kier alpha value is -1.36. The zero-order chi connectivity index (χ0) is 12.3. The van der Waals surface area contributed by atoms with Gasteiger partial charge in [-0.05, 0) is 35.7 Å². The Bertz CT molecular complexity index is 487. The van der Waals surface area contributed by atoms with Crippen LogP contribution < -0.4 is 11.3 Å². The number of rotatable bonds is 4. The highest BCUT2D eigenvalue weighted by Gasteiger charge is 2.15. The van der Waals surface area contributed by atoms with Crippen LogP contribution in [0.15, 0.2) is 41.2 Å². The lowest BCUT2D eigenvalue weighted by Crippen LogP contribution is -2.29. The van der Waals surface area contributed by atoms with E-state index in [1.807, 2.05) is 6.07 Å². The van der Waals surface area contributed by atoms with Gasteiger partial charge in [0, 0.05) is 5.02 Å². The van der Waals surface area contributed by atoms with E-state index in [4.69, 9.17) is 21.9 Å². The number of nitrogens with two attached hydrogens (primary N) is 1. The van der Waals surface area contributed by atoms with Crippen LogP contribution in [-0.2, 0) is 6.42 Å². The van der Waals surface area contributed by atoms with Gasteiger partial charge < -0.3 is 4.42 Å².